The van der Waals surface area contributed by atoms with Gasteiger partial charge in [-0.05, 0) is 76.6 Å². The molecule has 1 N–H and O–H groups in total. The van der Waals surface area contributed by atoms with Crippen LogP contribution in [-0.2, 0) is 15.5 Å². The van der Waals surface area contributed by atoms with Gasteiger partial charge in [0.15, 0.2) is 0 Å². The van der Waals surface area contributed by atoms with Gasteiger partial charge in [-0.15, -0.1) is 0 Å². The molecule has 1 aromatic carbocycles. The highest BCUT2D eigenvalue weighted by Crippen LogP contribution is 2.39. The molecule has 0 atom stereocenters. The predicted molar refractivity (Wildman–Crippen MR) is 92.0 cm³/mol. The minimum Gasteiger partial charge on any atom is -0.399 e. The van der Waals surface area contributed by atoms with Crippen LogP contribution in [0.25, 0.3) is 0 Å². The molecule has 0 aliphatic carbocycles. The minimum atomic E-state index is -4.44. The van der Waals surface area contributed by atoms with E-state index in [1.165, 1.54) is 12.1 Å². The van der Waals surface area contributed by atoms with E-state index < -0.39 is 30.1 Å². The van der Waals surface area contributed by atoms with Crippen molar-refractivity contribution in [1.29, 1.82) is 0 Å². The van der Waals surface area contributed by atoms with Crippen LogP contribution in [0.1, 0.15) is 57.6 Å². The number of hydrogen-bond donors (Lipinski definition) is 1. The highest BCUT2D eigenvalue weighted by Gasteiger charge is 2.53. The molecule has 0 bridgehead atoms. The third kappa shape index (κ3) is 3.59. The molecule has 0 unspecified atom stereocenters. The molecule has 1 aromatic rings. The second-order valence-electron chi connectivity index (χ2n) is 7.96. The lowest BCUT2D eigenvalue weighted by Gasteiger charge is -2.32. The first-order valence-electron chi connectivity index (χ1n) is 8.79. The van der Waals surface area contributed by atoms with E-state index in [0.717, 1.165) is 31.5 Å². The number of hydrogen-bond acceptors (Lipinski definition) is 3. The van der Waals surface area contributed by atoms with E-state index in [1.807, 2.05) is 27.7 Å². The van der Waals surface area contributed by atoms with Crippen LogP contribution in [0.5, 0.6) is 0 Å². The fourth-order valence-electron chi connectivity index (χ4n) is 3.40. The molecule has 0 radical (unpaired) electrons. The molecule has 2 fully saturated rings. The van der Waals surface area contributed by atoms with Gasteiger partial charge in [0, 0.05) is 0 Å². The molecule has 0 amide bonds. The first-order valence-corrected chi connectivity index (χ1v) is 8.79. The van der Waals surface area contributed by atoms with E-state index in [0.29, 0.717) is 0 Å². The standard InChI is InChI=1S/C18H25BF3NO2/c1-16(2)17(3,4)25-19(24-16)15-6-5-13(11-14(15)18(20,21)22)12-7-9-23-10-8-12/h5-6,11-12,23H,7-10H2,1-4H3. The number of piperidine rings is 1. The highest BCUT2D eigenvalue weighted by molar-refractivity contribution is 6.62. The maximum Gasteiger partial charge on any atom is 0.495 e. The first kappa shape index (κ1) is 18.7. The third-order valence-electron chi connectivity index (χ3n) is 5.70. The Balaban J connectivity index is 1.97. The van der Waals surface area contributed by atoms with Gasteiger partial charge in [0.25, 0.3) is 0 Å². The van der Waals surface area contributed by atoms with Crippen LogP contribution in [0, 0.1) is 0 Å². The summed E-state index contributed by atoms with van der Waals surface area (Å²) in [7, 11) is -1.01. The molecule has 138 valence electrons. The van der Waals surface area contributed by atoms with E-state index in [2.05, 4.69) is 5.32 Å². The van der Waals surface area contributed by atoms with Crippen LogP contribution in [0.4, 0.5) is 13.2 Å². The highest BCUT2D eigenvalue weighted by atomic mass is 19.4. The summed E-state index contributed by atoms with van der Waals surface area (Å²) in [6.07, 6.45) is -2.73. The topological polar surface area (TPSA) is 30.5 Å². The molecule has 0 spiro atoms. The second kappa shape index (κ2) is 6.29. The van der Waals surface area contributed by atoms with Crippen LogP contribution in [0.3, 0.4) is 0 Å². The Morgan fingerprint density at radius 3 is 2.12 bits per heavy atom. The molecule has 3 rings (SSSR count). The van der Waals surface area contributed by atoms with Crippen molar-refractivity contribution in [2.24, 2.45) is 0 Å². The zero-order chi connectivity index (χ0) is 18.5. The molecule has 7 heteroatoms. The molecule has 2 heterocycles. The van der Waals surface area contributed by atoms with Gasteiger partial charge in [-0.1, -0.05) is 12.1 Å². The van der Waals surface area contributed by atoms with Crippen molar-refractivity contribution >= 4 is 12.6 Å². The molecule has 2 aliphatic rings. The van der Waals surface area contributed by atoms with Crippen molar-refractivity contribution < 1.29 is 22.5 Å². The average Bonchev–Trinajstić information content (AvgIpc) is 2.75. The first-order chi connectivity index (χ1) is 11.5. The van der Waals surface area contributed by atoms with Crippen LogP contribution < -0.4 is 10.8 Å². The Labute approximate surface area is 147 Å². The van der Waals surface area contributed by atoms with Crippen molar-refractivity contribution in [1.82, 2.24) is 5.32 Å². The molecule has 2 aliphatic heterocycles. The number of nitrogens with one attached hydrogen (secondary N) is 1. The van der Waals surface area contributed by atoms with E-state index in [4.69, 9.17) is 9.31 Å². The Hall–Kier alpha value is -1.05. The normalized spacial score (nSPS) is 23.9. The number of halogens is 3. The van der Waals surface area contributed by atoms with Crippen LogP contribution >= 0.6 is 0 Å². The van der Waals surface area contributed by atoms with E-state index in [1.54, 1.807) is 6.07 Å². The third-order valence-corrected chi connectivity index (χ3v) is 5.70. The quantitative estimate of drug-likeness (QED) is 0.825. The largest absolute Gasteiger partial charge is 0.495 e. The van der Waals surface area contributed by atoms with Gasteiger partial charge >= 0.3 is 13.3 Å². The summed E-state index contributed by atoms with van der Waals surface area (Å²) in [6, 6.07) is 4.62. The Kier molecular flexibility index (Phi) is 4.71. The second-order valence-corrected chi connectivity index (χ2v) is 7.96. The van der Waals surface area contributed by atoms with Gasteiger partial charge in [-0.2, -0.15) is 13.2 Å². The molecule has 0 saturated carbocycles. The van der Waals surface area contributed by atoms with Crippen LogP contribution in [0.2, 0.25) is 0 Å². The Bertz CT molecular complexity index is 624. The number of rotatable bonds is 2. The van der Waals surface area contributed by atoms with Crippen molar-refractivity contribution in [2.45, 2.75) is 63.8 Å². The Morgan fingerprint density at radius 2 is 1.60 bits per heavy atom. The zero-order valence-electron chi connectivity index (χ0n) is 15.2. The number of alkyl halides is 3. The van der Waals surface area contributed by atoms with Crippen molar-refractivity contribution in [3.8, 4) is 0 Å². The minimum absolute atomic E-state index is 0.0591. The van der Waals surface area contributed by atoms with E-state index >= 15 is 0 Å². The summed E-state index contributed by atoms with van der Waals surface area (Å²) < 4.78 is 52.8. The summed E-state index contributed by atoms with van der Waals surface area (Å²) in [5.74, 6) is 0.162. The van der Waals surface area contributed by atoms with Gasteiger partial charge in [0.05, 0.1) is 16.8 Å². The van der Waals surface area contributed by atoms with Crippen LogP contribution in [-0.4, -0.2) is 31.4 Å². The van der Waals surface area contributed by atoms with Gasteiger partial charge in [-0.25, -0.2) is 0 Å². The molecular weight excluding hydrogens is 330 g/mol. The lowest BCUT2D eigenvalue weighted by atomic mass is 9.74. The van der Waals surface area contributed by atoms with Crippen molar-refractivity contribution in [3.05, 3.63) is 29.3 Å². The van der Waals surface area contributed by atoms with E-state index in [-0.39, 0.29) is 11.4 Å². The lowest BCUT2D eigenvalue weighted by molar-refractivity contribution is -0.136. The monoisotopic (exact) mass is 355 g/mol. The van der Waals surface area contributed by atoms with Crippen molar-refractivity contribution in [2.75, 3.05) is 13.1 Å². The average molecular weight is 355 g/mol. The van der Waals surface area contributed by atoms with Gasteiger partial charge < -0.3 is 14.6 Å². The maximum atomic E-state index is 13.7. The molecule has 3 nitrogen and oxygen atoms in total. The van der Waals surface area contributed by atoms with Crippen LogP contribution in [0.15, 0.2) is 18.2 Å². The SMILES string of the molecule is CC1(C)OB(c2ccc(C3CCNCC3)cc2C(F)(F)F)OC1(C)C. The van der Waals surface area contributed by atoms with Crippen molar-refractivity contribution in [3.63, 3.8) is 0 Å². The molecule has 25 heavy (non-hydrogen) atoms. The summed E-state index contributed by atoms with van der Waals surface area (Å²) in [5.41, 5.74) is -1.19. The fourth-order valence-corrected chi connectivity index (χ4v) is 3.40. The number of benzene rings is 1. The summed E-state index contributed by atoms with van der Waals surface area (Å²) >= 11 is 0. The maximum absolute atomic E-state index is 13.7. The van der Waals surface area contributed by atoms with Gasteiger partial charge in [0.1, 0.15) is 0 Å². The Morgan fingerprint density at radius 1 is 1.04 bits per heavy atom. The smallest absolute Gasteiger partial charge is 0.399 e. The predicted octanol–water partition coefficient (Wildman–Crippen LogP) is 3.47. The van der Waals surface area contributed by atoms with Gasteiger partial charge in [0.2, 0.25) is 0 Å². The van der Waals surface area contributed by atoms with E-state index in [9.17, 15) is 13.2 Å². The molecular formula is C18H25BF3NO2. The zero-order valence-corrected chi connectivity index (χ0v) is 15.2. The fraction of sp³-hybridized carbons (Fsp3) is 0.667. The summed E-state index contributed by atoms with van der Waals surface area (Å²) in [4.78, 5) is 0. The lowest BCUT2D eigenvalue weighted by Crippen LogP contribution is -2.41. The van der Waals surface area contributed by atoms with Gasteiger partial charge in [-0.3, -0.25) is 0 Å². The molecule has 2 saturated heterocycles. The summed E-state index contributed by atoms with van der Waals surface area (Å²) in [5, 5.41) is 3.24. The molecule has 0 aromatic heterocycles. The summed E-state index contributed by atoms with van der Waals surface area (Å²) in [6.45, 7) is 9.02.